The van der Waals surface area contributed by atoms with Gasteiger partial charge in [-0.15, -0.1) is 0 Å². The second-order valence-corrected chi connectivity index (χ2v) is 5.37. The maximum Gasteiger partial charge on any atom is 0.339 e. The van der Waals surface area contributed by atoms with E-state index in [1.807, 2.05) is 12.1 Å². The van der Waals surface area contributed by atoms with E-state index < -0.39 is 11.1 Å². The lowest BCUT2D eigenvalue weighted by molar-refractivity contribution is 0.596. The van der Waals surface area contributed by atoms with Crippen molar-refractivity contribution >= 4 is 17.6 Å². The Balaban J connectivity index is 2.15. The fraction of sp³-hybridized carbons (Fsp3) is 0.385. The molecule has 2 aromatic heterocycles. The van der Waals surface area contributed by atoms with Crippen LogP contribution < -0.4 is 16.4 Å². The summed E-state index contributed by atoms with van der Waals surface area (Å²) in [7, 11) is 1.65. The van der Waals surface area contributed by atoms with Crippen LogP contribution in [0.2, 0.25) is 0 Å². The molecular weight excluding hydrogens is 290 g/mol. The summed E-state index contributed by atoms with van der Waals surface area (Å²) in [5, 5.41) is 6.15. The third kappa shape index (κ3) is 3.94. The lowest BCUT2D eigenvalue weighted by Gasteiger charge is -2.10. The standard InChI is InChI=1S/C13H17N5O2S/c1-3-6-14-10-9(5-4-7-15-10)8-21-13-16-11(19)12(20)17-18(13)2/h4-5,7H,3,6,8H2,1-2H3,(H,14,15)(H,17,20). The summed E-state index contributed by atoms with van der Waals surface area (Å²) < 4.78 is 1.45. The Kier molecular flexibility index (Phi) is 5.15. The maximum atomic E-state index is 11.3. The van der Waals surface area contributed by atoms with Crippen molar-refractivity contribution in [1.29, 1.82) is 0 Å². The van der Waals surface area contributed by atoms with Crippen LogP contribution in [0.1, 0.15) is 18.9 Å². The number of pyridine rings is 1. The summed E-state index contributed by atoms with van der Waals surface area (Å²) in [6.45, 7) is 2.94. The minimum atomic E-state index is -0.772. The van der Waals surface area contributed by atoms with Crippen LogP contribution in [0.4, 0.5) is 5.82 Å². The number of rotatable bonds is 6. The van der Waals surface area contributed by atoms with Gasteiger partial charge in [0.2, 0.25) is 0 Å². The van der Waals surface area contributed by atoms with E-state index in [1.165, 1.54) is 16.4 Å². The molecule has 2 aromatic rings. The average Bonchev–Trinajstić information content (AvgIpc) is 2.48. The molecule has 0 fully saturated rings. The van der Waals surface area contributed by atoms with Crippen molar-refractivity contribution in [2.75, 3.05) is 11.9 Å². The Hall–Kier alpha value is -2.09. The van der Waals surface area contributed by atoms with Crippen molar-refractivity contribution in [3.05, 3.63) is 44.6 Å². The predicted octanol–water partition coefficient (Wildman–Crippen LogP) is 0.978. The summed E-state index contributed by atoms with van der Waals surface area (Å²) in [4.78, 5) is 30.5. The van der Waals surface area contributed by atoms with Crippen LogP contribution in [0.5, 0.6) is 0 Å². The molecule has 21 heavy (non-hydrogen) atoms. The Morgan fingerprint density at radius 1 is 1.43 bits per heavy atom. The molecule has 2 rings (SSSR count). The normalized spacial score (nSPS) is 10.6. The molecule has 0 aliphatic carbocycles. The summed E-state index contributed by atoms with van der Waals surface area (Å²) in [6, 6.07) is 3.84. The number of H-pyrrole nitrogens is 1. The smallest absolute Gasteiger partial charge is 0.339 e. The highest BCUT2D eigenvalue weighted by molar-refractivity contribution is 7.98. The highest BCUT2D eigenvalue weighted by Gasteiger charge is 2.08. The second-order valence-electron chi connectivity index (χ2n) is 4.43. The minimum absolute atomic E-state index is 0.463. The van der Waals surface area contributed by atoms with E-state index in [2.05, 4.69) is 27.3 Å². The Morgan fingerprint density at radius 3 is 3.00 bits per heavy atom. The summed E-state index contributed by atoms with van der Waals surface area (Å²) >= 11 is 1.37. The van der Waals surface area contributed by atoms with Gasteiger partial charge in [-0.3, -0.25) is 19.4 Å². The number of hydrogen-bond donors (Lipinski definition) is 2. The topological polar surface area (TPSA) is 92.7 Å². The van der Waals surface area contributed by atoms with Crippen molar-refractivity contribution in [3.8, 4) is 0 Å². The fourth-order valence-electron chi connectivity index (χ4n) is 1.69. The van der Waals surface area contributed by atoms with Crippen molar-refractivity contribution in [2.24, 2.45) is 7.05 Å². The molecule has 0 spiro atoms. The monoisotopic (exact) mass is 307 g/mol. The van der Waals surface area contributed by atoms with E-state index in [0.29, 0.717) is 10.9 Å². The van der Waals surface area contributed by atoms with Gasteiger partial charge in [-0.2, -0.15) is 4.98 Å². The van der Waals surface area contributed by atoms with E-state index in [4.69, 9.17) is 0 Å². The molecule has 0 saturated carbocycles. The van der Waals surface area contributed by atoms with E-state index in [0.717, 1.165) is 24.3 Å². The van der Waals surface area contributed by atoms with Gasteiger partial charge in [0.1, 0.15) is 5.82 Å². The zero-order chi connectivity index (χ0) is 15.2. The van der Waals surface area contributed by atoms with Crippen molar-refractivity contribution in [3.63, 3.8) is 0 Å². The zero-order valence-corrected chi connectivity index (χ0v) is 12.7. The number of hydrogen-bond acceptors (Lipinski definition) is 6. The predicted molar refractivity (Wildman–Crippen MR) is 82.7 cm³/mol. The first kappa shape index (κ1) is 15.3. The molecule has 0 unspecified atom stereocenters. The number of aromatic amines is 1. The van der Waals surface area contributed by atoms with E-state index in [-0.39, 0.29) is 0 Å². The first-order valence-corrected chi connectivity index (χ1v) is 7.58. The molecule has 2 N–H and O–H groups in total. The largest absolute Gasteiger partial charge is 0.370 e. The van der Waals surface area contributed by atoms with Gasteiger partial charge in [0, 0.05) is 31.1 Å². The van der Waals surface area contributed by atoms with Crippen molar-refractivity contribution < 1.29 is 0 Å². The molecule has 8 heteroatoms. The second kappa shape index (κ2) is 7.07. The molecule has 0 saturated heterocycles. The molecule has 0 aliphatic rings. The summed E-state index contributed by atoms with van der Waals surface area (Å²) in [6.07, 6.45) is 2.75. The van der Waals surface area contributed by atoms with Gasteiger partial charge in [0.15, 0.2) is 5.16 Å². The fourth-order valence-corrected chi connectivity index (χ4v) is 2.59. The highest BCUT2D eigenvalue weighted by Crippen LogP contribution is 2.22. The summed E-state index contributed by atoms with van der Waals surface area (Å²) in [5.74, 6) is 1.44. The number of nitrogens with zero attached hydrogens (tertiary/aromatic N) is 3. The first-order chi connectivity index (χ1) is 10.1. The van der Waals surface area contributed by atoms with Crippen LogP contribution in [0.15, 0.2) is 33.1 Å². The highest BCUT2D eigenvalue weighted by atomic mass is 32.2. The molecule has 0 aromatic carbocycles. The number of thioether (sulfide) groups is 1. The third-order valence-corrected chi connectivity index (χ3v) is 3.82. The van der Waals surface area contributed by atoms with Crippen LogP contribution in [0.3, 0.4) is 0 Å². The van der Waals surface area contributed by atoms with Gasteiger partial charge in [-0.05, 0) is 12.5 Å². The van der Waals surface area contributed by atoms with Gasteiger partial charge in [-0.1, -0.05) is 24.8 Å². The van der Waals surface area contributed by atoms with Crippen LogP contribution in [-0.4, -0.2) is 26.3 Å². The summed E-state index contributed by atoms with van der Waals surface area (Å²) in [5.41, 5.74) is -0.462. The molecular formula is C13H17N5O2S. The molecule has 112 valence electrons. The number of aryl methyl sites for hydroxylation is 1. The van der Waals surface area contributed by atoms with Crippen LogP contribution in [0.25, 0.3) is 0 Å². The maximum absolute atomic E-state index is 11.3. The number of aromatic nitrogens is 4. The van der Waals surface area contributed by atoms with E-state index in [9.17, 15) is 9.59 Å². The van der Waals surface area contributed by atoms with Gasteiger partial charge in [-0.25, -0.2) is 4.98 Å². The van der Waals surface area contributed by atoms with Gasteiger partial charge in [0.25, 0.3) is 0 Å². The van der Waals surface area contributed by atoms with Gasteiger partial charge in [0.05, 0.1) is 0 Å². The minimum Gasteiger partial charge on any atom is -0.370 e. The lowest BCUT2D eigenvalue weighted by Crippen LogP contribution is -2.33. The lowest BCUT2D eigenvalue weighted by atomic mass is 10.3. The average molecular weight is 307 g/mol. The van der Waals surface area contributed by atoms with E-state index in [1.54, 1.807) is 13.2 Å². The molecule has 0 amide bonds. The number of nitrogens with one attached hydrogen (secondary N) is 2. The SMILES string of the molecule is CCCNc1ncccc1CSc1nc(=O)c(=O)[nH]n1C. The van der Waals surface area contributed by atoms with Crippen LogP contribution in [0, 0.1) is 0 Å². The third-order valence-electron chi connectivity index (χ3n) is 2.74. The van der Waals surface area contributed by atoms with Crippen molar-refractivity contribution in [1.82, 2.24) is 19.7 Å². The zero-order valence-electron chi connectivity index (χ0n) is 11.9. The molecule has 2 heterocycles. The van der Waals surface area contributed by atoms with Crippen LogP contribution >= 0.6 is 11.8 Å². The Bertz CT molecular complexity index is 725. The molecule has 0 radical (unpaired) electrons. The Labute approximate surface area is 125 Å². The van der Waals surface area contributed by atoms with Gasteiger partial charge < -0.3 is 5.32 Å². The molecule has 7 nitrogen and oxygen atoms in total. The Morgan fingerprint density at radius 2 is 2.24 bits per heavy atom. The quantitative estimate of drug-likeness (QED) is 0.610. The number of anilines is 1. The first-order valence-electron chi connectivity index (χ1n) is 6.59. The molecule has 0 atom stereocenters. The molecule has 0 bridgehead atoms. The van der Waals surface area contributed by atoms with E-state index >= 15 is 0 Å². The van der Waals surface area contributed by atoms with Gasteiger partial charge >= 0.3 is 11.1 Å². The van der Waals surface area contributed by atoms with Crippen LogP contribution in [-0.2, 0) is 12.8 Å². The molecule has 0 aliphatic heterocycles. The van der Waals surface area contributed by atoms with Crippen molar-refractivity contribution in [2.45, 2.75) is 24.3 Å².